The standard InChI is InChI=1S/C10H12N4O/c1-15-8-10-7-14(13-12-10)6-9-2-4-11-5-3-9/h2-5,7H,6,8H2,1H3. The Morgan fingerprint density at radius 3 is 2.87 bits per heavy atom. The van der Waals surface area contributed by atoms with Crippen molar-refractivity contribution in [3.05, 3.63) is 42.0 Å². The highest BCUT2D eigenvalue weighted by molar-refractivity contribution is 5.10. The van der Waals surface area contributed by atoms with E-state index in [1.165, 1.54) is 0 Å². The van der Waals surface area contributed by atoms with Gasteiger partial charge in [-0.2, -0.15) is 0 Å². The summed E-state index contributed by atoms with van der Waals surface area (Å²) in [5.74, 6) is 0. The first-order valence-corrected chi connectivity index (χ1v) is 4.65. The van der Waals surface area contributed by atoms with E-state index in [0.717, 1.165) is 11.3 Å². The molecule has 0 radical (unpaired) electrons. The summed E-state index contributed by atoms with van der Waals surface area (Å²) in [6.45, 7) is 1.20. The van der Waals surface area contributed by atoms with E-state index < -0.39 is 0 Å². The van der Waals surface area contributed by atoms with Gasteiger partial charge >= 0.3 is 0 Å². The number of pyridine rings is 1. The molecule has 0 aromatic carbocycles. The number of nitrogens with zero attached hydrogens (tertiary/aromatic N) is 4. The molecule has 0 saturated carbocycles. The molecular weight excluding hydrogens is 192 g/mol. The maximum Gasteiger partial charge on any atom is 0.108 e. The average Bonchev–Trinajstić information content (AvgIpc) is 2.68. The normalized spacial score (nSPS) is 10.5. The Kier molecular flexibility index (Phi) is 3.04. The van der Waals surface area contributed by atoms with E-state index in [1.54, 1.807) is 24.2 Å². The summed E-state index contributed by atoms with van der Waals surface area (Å²) in [5.41, 5.74) is 1.99. The molecule has 0 amide bonds. The molecule has 0 spiro atoms. The molecule has 78 valence electrons. The van der Waals surface area contributed by atoms with Crippen molar-refractivity contribution in [3.63, 3.8) is 0 Å². The van der Waals surface area contributed by atoms with Crippen LogP contribution in [0, 0.1) is 0 Å². The lowest BCUT2D eigenvalue weighted by Gasteiger charge is -1.98. The van der Waals surface area contributed by atoms with Crippen LogP contribution in [0.25, 0.3) is 0 Å². The van der Waals surface area contributed by atoms with Crippen LogP contribution < -0.4 is 0 Å². The molecular formula is C10H12N4O. The number of aromatic nitrogens is 4. The predicted octanol–water partition coefficient (Wildman–Crippen LogP) is 0.868. The van der Waals surface area contributed by atoms with Crippen LogP contribution in [-0.4, -0.2) is 27.1 Å². The topological polar surface area (TPSA) is 52.8 Å². The van der Waals surface area contributed by atoms with Crippen molar-refractivity contribution in [1.29, 1.82) is 0 Å². The van der Waals surface area contributed by atoms with Gasteiger partial charge in [0, 0.05) is 19.5 Å². The first-order valence-electron chi connectivity index (χ1n) is 4.65. The fourth-order valence-corrected chi connectivity index (χ4v) is 1.31. The molecule has 15 heavy (non-hydrogen) atoms. The molecule has 0 fully saturated rings. The van der Waals surface area contributed by atoms with Crippen molar-refractivity contribution in [2.45, 2.75) is 13.2 Å². The number of hydrogen-bond donors (Lipinski definition) is 0. The summed E-state index contributed by atoms with van der Waals surface area (Å²) >= 11 is 0. The SMILES string of the molecule is COCc1cn(Cc2ccncc2)nn1. The molecule has 0 bridgehead atoms. The van der Waals surface area contributed by atoms with Crippen LogP contribution in [0.1, 0.15) is 11.3 Å². The Morgan fingerprint density at radius 2 is 2.13 bits per heavy atom. The number of rotatable bonds is 4. The van der Waals surface area contributed by atoms with Gasteiger partial charge in [0.1, 0.15) is 5.69 Å². The molecule has 0 aliphatic heterocycles. The molecule has 2 aromatic heterocycles. The summed E-state index contributed by atoms with van der Waals surface area (Å²) in [6.07, 6.45) is 5.41. The van der Waals surface area contributed by atoms with Gasteiger partial charge in [-0.1, -0.05) is 5.21 Å². The fraction of sp³-hybridized carbons (Fsp3) is 0.300. The van der Waals surface area contributed by atoms with Gasteiger partial charge in [0.25, 0.3) is 0 Å². The predicted molar refractivity (Wildman–Crippen MR) is 54.1 cm³/mol. The Balaban J connectivity index is 2.05. The maximum atomic E-state index is 4.97. The quantitative estimate of drug-likeness (QED) is 0.741. The number of hydrogen-bond acceptors (Lipinski definition) is 4. The molecule has 0 N–H and O–H groups in total. The fourth-order valence-electron chi connectivity index (χ4n) is 1.31. The van der Waals surface area contributed by atoms with Crippen molar-refractivity contribution >= 4 is 0 Å². The maximum absolute atomic E-state index is 4.97. The molecule has 0 saturated heterocycles. The second kappa shape index (κ2) is 4.65. The smallest absolute Gasteiger partial charge is 0.108 e. The summed E-state index contributed by atoms with van der Waals surface area (Å²) in [6, 6.07) is 3.91. The van der Waals surface area contributed by atoms with Crippen molar-refractivity contribution in [3.8, 4) is 0 Å². The van der Waals surface area contributed by atoms with Crippen LogP contribution >= 0.6 is 0 Å². The van der Waals surface area contributed by atoms with Gasteiger partial charge in [0.2, 0.25) is 0 Å². The highest BCUT2D eigenvalue weighted by atomic mass is 16.5. The van der Waals surface area contributed by atoms with Crippen LogP contribution in [0.3, 0.4) is 0 Å². The molecule has 0 atom stereocenters. The van der Waals surface area contributed by atoms with Crippen molar-refractivity contribution in [2.75, 3.05) is 7.11 Å². The van der Waals surface area contributed by atoms with E-state index >= 15 is 0 Å². The minimum Gasteiger partial charge on any atom is -0.378 e. The van der Waals surface area contributed by atoms with E-state index in [1.807, 2.05) is 18.3 Å². The molecule has 5 nitrogen and oxygen atoms in total. The first-order chi connectivity index (χ1) is 7.38. The van der Waals surface area contributed by atoms with E-state index in [2.05, 4.69) is 15.3 Å². The van der Waals surface area contributed by atoms with Gasteiger partial charge < -0.3 is 4.74 Å². The van der Waals surface area contributed by atoms with Gasteiger partial charge in [-0.15, -0.1) is 5.10 Å². The van der Waals surface area contributed by atoms with Crippen molar-refractivity contribution < 1.29 is 4.74 Å². The Hall–Kier alpha value is -1.75. The van der Waals surface area contributed by atoms with Gasteiger partial charge in [-0.25, -0.2) is 4.68 Å². The second-order valence-corrected chi connectivity index (χ2v) is 3.20. The van der Waals surface area contributed by atoms with Gasteiger partial charge in [0.15, 0.2) is 0 Å². The molecule has 2 heterocycles. The van der Waals surface area contributed by atoms with E-state index in [-0.39, 0.29) is 0 Å². The Labute approximate surface area is 87.7 Å². The third-order valence-electron chi connectivity index (χ3n) is 1.97. The van der Waals surface area contributed by atoms with Gasteiger partial charge in [0.05, 0.1) is 19.3 Å². The van der Waals surface area contributed by atoms with Crippen molar-refractivity contribution in [2.24, 2.45) is 0 Å². The molecule has 0 aliphatic rings. The number of ether oxygens (including phenoxy) is 1. The summed E-state index contributed by atoms with van der Waals surface area (Å²) in [4.78, 5) is 3.96. The minimum atomic E-state index is 0.496. The zero-order chi connectivity index (χ0) is 10.5. The number of methoxy groups -OCH3 is 1. The van der Waals surface area contributed by atoms with Gasteiger partial charge in [-0.3, -0.25) is 4.98 Å². The van der Waals surface area contributed by atoms with E-state index in [9.17, 15) is 0 Å². The molecule has 0 unspecified atom stereocenters. The van der Waals surface area contributed by atoms with E-state index in [4.69, 9.17) is 4.74 Å². The summed E-state index contributed by atoms with van der Waals surface area (Å²) < 4.78 is 6.75. The molecule has 0 aliphatic carbocycles. The van der Waals surface area contributed by atoms with Gasteiger partial charge in [-0.05, 0) is 17.7 Å². The lowest BCUT2D eigenvalue weighted by atomic mass is 10.3. The van der Waals surface area contributed by atoms with Crippen LogP contribution in [-0.2, 0) is 17.9 Å². The molecule has 2 aromatic rings. The van der Waals surface area contributed by atoms with E-state index in [0.29, 0.717) is 13.2 Å². The lowest BCUT2D eigenvalue weighted by molar-refractivity contribution is 0.181. The average molecular weight is 204 g/mol. The van der Waals surface area contributed by atoms with Crippen LogP contribution in [0.4, 0.5) is 0 Å². The molecule has 5 heteroatoms. The third-order valence-corrected chi connectivity index (χ3v) is 1.97. The monoisotopic (exact) mass is 204 g/mol. The second-order valence-electron chi connectivity index (χ2n) is 3.20. The zero-order valence-electron chi connectivity index (χ0n) is 8.50. The first kappa shape index (κ1) is 9.79. The van der Waals surface area contributed by atoms with Crippen LogP contribution in [0.15, 0.2) is 30.7 Å². The lowest BCUT2D eigenvalue weighted by Crippen LogP contribution is -2.00. The summed E-state index contributed by atoms with van der Waals surface area (Å²) in [7, 11) is 1.64. The largest absolute Gasteiger partial charge is 0.378 e. The highest BCUT2D eigenvalue weighted by Gasteiger charge is 2.00. The van der Waals surface area contributed by atoms with Crippen LogP contribution in [0.5, 0.6) is 0 Å². The third kappa shape index (κ3) is 2.60. The molecule has 2 rings (SSSR count). The Morgan fingerprint density at radius 1 is 1.33 bits per heavy atom. The minimum absolute atomic E-state index is 0.496. The zero-order valence-corrected chi connectivity index (χ0v) is 8.50. The van der Waals surface area contributed by atoms with Crippen LogP contribution in [0.2, 0.25) is 0 Å². The van der Waals surface area contributed by atoms with Crippen molar-refractivity contribution in [1.82, 2.24) is 20.0 Å². The summed E-state index contributed by atoms with van der Waals surface area (Å²) in [5, 5.41) is 7.97. The highest BCUT2D eigenvalue weighted by Crippen LogP contribution is 2.01. The Bertz CT molecular complexity index is 412.